The van der Waals surface area contributed by atoms with Crippen molar-refractivity contribution in [2.45, 2.75) is 7.43 Å². The SMILES string of the molecule is C.C=CC1C=C(c2cc(-c3ccccc3)cc(-c3ccccc3)c2)C=C1c1cc(-c2ccccc2)cc(-c2ccccc2)c1. The van der Waals surface area contributed by atoms with Crippen molar-refractivity contribution in [2.75, 3.05) is 0 Å². The first kappa shape index (κ1) is 28.6. The normalized spacial score (nSPS) is 13.9. The summed E-state index contributed by atoms with van der Waals surface area (Å²) in [6.07, 6.45) is 6.79. The largest absolute Gasteiger partial charge is 0.102 e. The van der Waals surface area contributed by atoms with Crippen LogP contribution in [0.1, 0.15) is 18.6 Å². The molecule has 0 bridgehead atoms. The van der Waals surface area contributed by atoms with Crippen LogP contribution < -0.4 is 0 Å². The monoisotopic (exact) mass is 564 g/mol. The Kier molecular flexibility index (Phi) is 8.34. The van der Waals surface area contributed by atoms with Crippen molar-refractivity contribution in [3.05, 3.63) is 194 Å². The van der Waals surface area contributed by atoms with E-state index in [1.165, 1.54) is 66.8 Å². The van der Waals surface area contributed by atoms with Gasteiger partial charge in [0.1, 0.15) is 0 Å². The fourth-order valence-corrected chi connectivity index (χ4v) is 6.02. The molecule has 0 radical (unpaired) electrons. The average molecular weight is 565 g/mol. The first-order valence-electron chi connectivity index (χ1n) is 14.8. The summed E-state index contributed by atoms with van der Waals surface area (Å²) in [5, 5.41) is 0. The van der Waals surface area contributed by atoms with Crippen LogP contribution in [0.5, 0.6) is 0 Å². The van der Waals surface area contributed by atoms with Crippen LogP contribution in [0.15, 0.2) is 183 Å². The van der Waals surface area contributed by atoms with Crippen LogP contribution in [0, 0.1) is 5.92 Å². The Morgan fingerprint density at radius 1 is 0.386 bits per heavy atom. The Labute approximate surface area is 262 Å². The van der Waals surface area contributed by atoms with Gasteiger partial charge in [0.15, 0.2) is 0 Å². The van der Waals surface area contributed by atoms with Crippen molar-refractivity contribution in [2.24, 2.45) is 5.92 Å². The second-order valence-electron chi connectivity index (χ2n) is 11.0. The molecule has 0 nitrogen and oxygen atoms in total. The first-order valence-corrected chi connectivity index (χ1v) is 14.8. The minimum Gasteiger partial charge on any atom is -0.102 e. The minimum absolute atomic E-state index is 0. The van der Waals surface area contributed by atoms with Gasteiger partial charge in [-0.25, -0.2) is 0 Å². The highest BCUT2D eigenvalue weighted by molar-refractivity contribution is 5.95. The summed E-state index contributed by atoms with van der Waals surface area (Å²) >= 11 is 0. The third kappa shape index (κ3) is 5.89. The van der Waals surface area contributed by atoms with Gasteiger partial charge in [-0.1, -0.05) is 141 Å². The lowest BCUT2D eigenvalue weighted by Gasteiger charge is -2.15. The van der Waals surface area contributed by atoms with Crippen molar-refractivity contribution in [3.8, 4) is 44.5 Å². The standard InChI is InChI=1S/C43H32.CH4/c1-2-31-23-41(40-26-36(32-15-7-3-8-16-32)24-37(27-40)33-17-9-4-10-18-33)30-43(31)42-28-38(34-19-11-5-12-20-34)25-39(29-42)35-21-13-6-14-22-35;/h2-31H,1H2;1H4. The van der Waals surface area contributed by atoms with Gasteiger partial charge in [0, 0.05) is 5.92 Å². The van der Waals surface area contributed by atoms with Crippen molar-refractivity contribution < 1.29 is 0 Å². The molecule has 44 heavy (non-hydrogen) atoms. The summed E-state index contributed by atoms with van der Waals surface area (Å²) < 4.78 is 0. The number of hydrogen-bond acceptors (Lipinski definition) is 0. The highest BCUT2D eigenvalue weighted by Gasteiger charge is 2.21. The van der Waals surface area contributed by atoms with Gasteiger partial charge in [0.25, 0.3) is 0 Å². The summed E-state index contributed by atoms with van der Waals surface area (Å²) in [7, 11) is 0. The topological polar surface area (TPSA) is 0 Å². The average Bonchev–Trinajstić information content (AvgIpc) is 3.54. The highest BCUT2D eigenvalue weighted by Crippen LogP contribution is 2.42. The quantitative estimate of drug-likeness (QED) is 0.169. The lowest BCUT2D eigenvalue weighted by molar-refractivity contribution is 1.12. The summed E-state index contributed by atoms with van der Waals surface area (Å²) in [4.78, 5) is 0. The highest BCUT2D eigenvalue weighted by atomic mass is 14.2. The Balaban J connectivity index is 0.00000343. The van der Waals surface area contributed by atoms with Crippen molar-refractivity contribution in [1.82, 2.24) is 0 Å². The smallest absolute Gasteiger partial charge is 0.0211 e. The predicted octanol–water partition coefficient (Wildman–Crippen LogP) is 12.3. The third-order valence-corrected chi connectivity index (χ3v) is 8.24. The van der Waals surface area contributed by atoms with E-state index in [0.29, 0.717) is 0 Å². The Bertz CT molecular complexity index is 1830. The van der Waals surface area contributed by atoms with Gasteiger partial charge in [-0.3, -0.25) is 0 Å². The molecule has 0 heterocycles. The van der Waals surface area contributed by atoms with E-state index in [2.05, 4.69) is 183 Å². The zero-order valence-electron chi connectivity index (χ0n) is 24.0. The molecule has 0 fully saturated rings. The Morgan fingerprint density at radius 3 is 1.05 bits per heavy atom. The molecule has 0 aromatic heterocycles. The molecular weight excluding hydrogens is 528 g/mol. The van der Waals surface area contributed by atoms with Crippen LogP contribution in [0.3, 0.4) is 0 Å². The number of hydrogen-bond donors (Lipinski definition) is 0. The molecule has 0 aliphatic heterocycles. The lowest BCUT2D eigenvalue weighted by atomic mass is 9.89. The van der Waals surface area contributed by atoms with E-state index >= 15 is 0 Å². The fourth-order valence-electron chi connectivity index (χ4n) is 6.02. The molecule has 212 valence electrons. The molecule has 1 unspecified atom stereocenters. The molecular formula is C44H36. The molecule has 1 atom stereocenters. The Hall–Kier alpha value is -5.46. The van der Waals surface area contributed by atoms with Crippen LogP contribution >= 0.6 is 0 Å². The molecule has 1 aliphatic carbocycles. The molecule has 0 saturated carbocycles. The van der Waals surface area contributed by atoms with Crippen LogP contribution in [-0.2, 0) is 0 Å². The van der Waals surface area contributed by atoms with Crippen molar-refractivity contribution in [3.63, 3.8) is 0 Å². The molecule has 6 aromatic carbocycles. The number of allylic oxidation sites excluding steroid dienone is 5. The zero-order valence-corrected chi connectivity index (χ0v) is 24.0. The summed E-state index contributed by atoms with van der Waals surface area (Å²) in [6, 6.07) is 56.5. The maximum atomic E-state index is 4.25. The maximum absolute atomic E-state index is 4.25. The fraction of sp³-hybridized carbons (Fsp3) is 0.0455. The third-order valence-electron chi connectivity index (χ3n) is 8.24. The summed E-state index contributed by atoms with van der Waals surface area (Å²) in [5.74, 6) is 0.116. The molecule has 1 aliphatic rings. The zero-order chi connectivity index (χ0) is 29.0. The van der Waals surface area contributed by atoms with E-state index in [1.54, 1.807) is 0 Å². The predicted molar refractivity (Wildman–Crippen MR) is 191 cm³/mol. The van der Waals surface area contributed by atoms with E-state index < -0.39 is 0 Å². The molecule has 0 saturated heterocycles. The van der Waals surface area contributed by atoms with E-state index in [1.807, 2.05) is 0 Å². The number of benzene rings is 6. The van der Waals surface area contributed by atoms with Crippen molar-refractivity contribution >= 4 is 11.1 Å². The van der Waals surface area contributed by atoms with Crippen LogP contribution in [0.25, 0.3) is 55.7 Å². The minimum atomic E-state index is 0. The van der Waals surface area contributed by atoms with Crippen LogP contribution in [0.2, 0.25) is 0 Å². The Morgan fingerprint density at radius 2 is 0.705 bits per heavy atom. The second kappa shape index (κ2) is 12.8. The van der Waals surface area contributed by atoms with Gasteiger partial charge in [-0.15, -0.1) is 6.58 Å². The van der Waals surface area contributed by atoms with Gasteiger partial charge in [0.2, 0.25) is 0 Å². The van der Waals surface area contributed by atoms with Gasteiger partial charge in [0.05, 0.1) is 0 Å². The molecule has 0 spiro atoms. The molecule has 6 aromatic rings. The molecule has 0 amide bonds. The molecule has 0 N–H and O–H groups in total. The van der Waals surface area contributed by atoms with Crippen LogP contribution in [-0.4, -0.2) is 0 Å². The van der Waals surface area contributed by atoms with Crippen LogP contribution in [0.4, 0.5) is 0 Å². The van der Waals surface area contributed by atoms with Crippen molar-refractivity contribution in [1.29, 1.82) is 0 Å². The van der Waals surface area contributed by atoms with Gasteiger partial charge < -0.3 is 0 Å². The summed E-state index contributed by atoms with van der Waals surface area (Å²) in [6.45, 7) is 4.25. The molecule has 0 heteroatoms. The lowest BCUT2D eigenvalue weighted by Crippen LogP contribution is -1.95. The van der Waals surface area contributed by atoms with E-state index in [-0.39, 0.29) is 13.3 Å². The maximum Gasteiger partial charge on any atom is 0.0211 e. The number of rotatable bonds is 7. The van der Waals surface area contributed by atoms with E-state index in [9.17, 15) is 0 Å². The second-order valence-corrected chi connectivity index (χ2v) is 11.0. The van der Waals surface area contributed by atoms with E-state index in [4.69, 9.17) is 0 Å². The van der Waals surface area contributed by atoms with E-state index in [0.717, 1.165) is 0 Å². The first-order chi connectivity index (χ1) is 21.2. The molecule has 7 rings (SSSR count). The van der Waals surface area contributed by atoms with Gasteiger partial charge >= 0.3 is 0 Å². The van der Waals surface area contributed by atoms with Gasteiger partial charge in [-0.05, 0) is 109 Å². The summed E-state index contributed by atoms with van der Waals surface area (Å²) in [5.41, 5.74) is 14.6. The van der Waals surface area contributed by atoms with Gasteiger partial charge in [-0.2, -0.15) is 0 Å².